The van der Waals surface area contributed by atoms with E-state index in [1.54, 1.807) is 7.11 Å². The molecular weight excluding hydrogens is 250 g/mol. The van der Waals surface area contributed by atoms with E-state index in [1.165, 1.54) is 0 Å². The van der Waals surface area contributed by atoms with Gasteiger partial charge >= 0.3 is 0 Å². The van der Waals surface area contributed by atoms with Crippen LogP contribution in [0.4, 0.5) is 0 Å². The molecule has 0 saturated heterocycles. The number of hydrogen-bond donors (Lipinski definition) is 1. The summed E-state index contributed by atoms with van der Waals surface area (Å²) in [7, 11) is 1.71. The van der Waals surface area contributed by atoms with Crippen molar-refractivity contribution in [1.29, 1.82) is 0 Å². The van der Waals surface area contributed by atoms with Crippen molar-refractivity contribution < 1.29 is 9.47 Å². The highest BCUT2D eigenvalue weighted by Gasteiger charge is 2.05. The van der Waals surface area contributed by atoms with Crippen LogP contribution in [0.3, 0.4) is 0 Å². The van der Waals surface area contributed by atoms with Crippen LogP contribution in [0, 0.1) is 13.8 Å². The number of hydrogen-bond acceptors (Lipinski definition) is 3. The minimum atomic E-state index is 0.712. The summed E-state index contributed by atoms with van der Waals surface area (Å²) in [6.45, 7) is 7.32. The molecule has 3 nitrogen and oxygen atoms in total. The zero-order chi connectivity index (χ0) is 13.4. The number of methoxy groups -OCH3 is 1. The Morgan fingerprint density at radius 1 is 1.11 bits per heavy atom. The van der Waals surface area contributed by atoms with E-state index in [0.717, 1.165) is 48.0 Å². The first-order valence-corrected chi connectivity index (χ1v) is 6.62. The standard InChI is InChI=1S/C14H22ClNO2/c1-11-9-13(15)10-12(2)14(11)18-7-4-5-16-6-8-17-3/h9-10,16H,4-8H2,1-3H3. The van der Waals surface area contributed by atoms with Crippen molar-refractivity contribution >= 4 is 11.6 Å². The normalized spacial score (nSPS) is 10.7. The minimum absolute atomic E-state index is 0.712. The Balaban J connectivity index is 2.27. The van der Waals surface area contributed by atoms with Crippen molar-refractivity contribution in [2.45, 2.75) is 20.3 Å². The van der Waals surface area contributed by atoms with Gasteiger partial charge in [0.15, 0.2) is 0 Å². The Morgan fingerprint density at radius 3 is 2.39 bits per heavy atom. The van der Waals surface area contributed by atoms with Crippen LogP contribution in [-0.4, -0.2) is 33.4 Å². The van der Waals surface area contributed by atoms with Gasteiger partial charge in [-0.15, -0.1) is 0 Å². The molecule has 0 radical (unpaired) electrons. The Kier molecular flexibility index (Phi) is 7.09. The third-order valence-electron chi connectivity index (χ3n) is 2.65. The molecule has 1 N–H and O–H groups in total. The molecule has 0 aromatic heterocycles. The Bertz CT molecular complexity index is 346. The smallest absolute Gasteiger partial charge is 0.125 e. The molecule has 0 aliphatic heterocycles. The van der Waals surface area contributed by atoms with Crippen molar-refractivity contribution in [2.75, 3.05) is 33.4 Å². The second-order valence-electron chi connectivity index (χ2n) is 4.31. The lowest BCUT2D eigenvalue weighted by Gasteiger charge is -2.12. The average Bonchev–Trinajstić information content (AvgIpc) is 2.30. The SMILES string of the molecule is COCCNCCCOc1c(C)cc(Cl)cc1C. The van der Waals surface area contributed by atoms with E-state index in [-0.39, 0.29) is 0 Å². The maximum absolute atomic E-state index is 5.98. The van der Waals surface area contributed by atoms with Gasteiger partial charge in [-0.2, -0.15) is 0 Å². The summed E-state index contributed by atoms with van der Waals surface area (Å²) >= 11 is 5.98. The molecule has 0 heterocycles. The third kappa shape index (κ3) is 5.25. The highest BCUT2D eigenvalue weighted by Crippen LogP contribution is 2.26. The van der Waals surface area contributed by atoms with Gasteiger partial charge in [0, 0.05) is 18.7 Å². The van der Waals surface area contributed by atoms with E-state index in [0.29, 0.717) is 6.61 Å². The van der Waals surface area contributed by atoms with Gasteiger partial charge in [-0.25, -0.2) is 0 Å². The predicted molar refractivity (Wildman–Crippen MR) is 75.8 cm³/mol. The molecule has 0 aliphatic carbocycles. The fourth-order valence-corrected chi connectivity index (χ4v) is 2.12. The first kappa shape index (κ1) is 15.3. The number of benzene rings is 1. The van der Waals surface area contributed by atoms with Crippen LogP contribution in [0.15, 0.2) is 12.1 Å². The number of aryl methyl sites for hydroxylation is 2. The van der Waals surface area contributed by atoms with Crippen LogP contribution in [0.5, 0.6) is 5.75 Å². The van der Waals surface area contributed by atoms with Gasteiger partial charge in [0.2, 0.25) is 0 Å². The van der Waals surface area contributed by atoms with Gasteiger partial charge in [-0.3, -0.25) is 0 Å². The van der Waals surface area contributed by atoms with Crippen molar-refractivity contribution in [1.82, 2.24) is 5.32 Å². The number of nitrogens with one attached hydrogen (secondary N) is 1. The summed E-state index contributed by atoms with van der Waals surface area (Å²) in [6.07, 6.45) is 0.977. The summed E-state index contributed by atoms with van der Waals surface area (Å²) in [5, 5.41) is 4.05. The quantitative estimate of drug-likeness (QED) is 0.738. The van der Waals surface area contributed by atoms with Crippen LogP contribution >= 0.6 is 11.6 Å². The highest BCUT2D eigenvalue weighted by atomic mass is 35.5. The van der Waals surface area contributed by atoms with E-state index in [1.807, 2.05) is 26.0 Å². The second kappa shape index (κ2) is 8.35. The Labute approximate surface area is 114 Å². The molecular formula is C14H22ClNO2. The topological polar surface area (TPSA) is 30.5 Å². The predicted octanol–water partition coefficient (Wildman–Crippen LogP) is 2.96. The van der Waals surface area contributed by atoms with Crippen molar-refractivity contribution in [3.05, 3.63) is 28.3 Å². The van der Waals surface area contributed by atoms with Gasteiger partial charge in [-0.1, -0.05) is 11.6 Å². The molecule has 0 amide bonds. The fourth-order valence-electron chi connectivity index (χ4n) is 1.80. The molecule has 0 saturated carbocycles. The van der Waals surface area contributed by atoms with Gasteiger partial charge in [-0.05, 0) is 50.1 Å². The van der Waals surface area contributed by atoms with E-state index in [2.05, 4.69) is 5.32 Å². The Morgan fingerprint density at radius 2 is 1.78 bits per heavy atom. The van der Waals surface area contributed by atoms with Crippen LogP contribution in [-0.2, 0) is 4.74 Å². The van der Waals surface area contributed by atoms with Crippen LogP contribution in [0.2, 0.25) is 5.02 Å². The largest absolute Gasteiger partial charge is 0.493 e. The zero-order valence-corrected chi connectivity index (χ0v) is 12.1. The summed E-state index contributed by atoms with van der Waals surface area (Å²) in [5.74, 6) is 0.955. The fraction of sp³-hybridized carbons (Fsp3) is 0.571. The molecule has 0 spiro atoms. The number of rotatable bonds is 8. The molecule has 1 aromatic rings. The lowest BCUT2D eigenvalue weighted by Crippen LogP contribution is -2.21. The first-order chi connectivity index (χ1) is 8.65. The van der Waals surface area contributed by atoms with E-state index < -0.39 is 0 Å². The monoisotopic (exact) mass is 271 g/mol. The Hall–Kier alpha value is -0.770. The molecule has 4 heteroatoms. The maximum Gasteiger partial charge on any atom is 0.125 e. The molecule has 0 atom stereocenters. The summed E-state index contributed by atoms with van der Waals surface area (Å²) in [5.41, 5.74) is 2.18. The number of ether oxygens (including phenoxy) is 2. The van der Waals surface area contributed by atoms with E-state index >= 15 is 0 Å². The molecule has 0 bridgehead atoms. The summed E-state index contributed by atoms with van der Waals surface area (Å²) < 4.78 is 10.8. The van der Waals surface area contributed by atoms with E-state index in [9.17, 15) is 0 Å². The van der Waals surface area contributed by atoms with Crippen molar-refractivity contribution in [3.8, 4) is 5.75 Å². The minimum Gasteiger partial charge on any atom is -0.493 e. The maximum atomic E-state index is 5.98. The van der Waals surface area contributed by atoms with Crippen LogP contribution in [0.1, 0.15) is 17.5 Å². The van der Waals surface area contributed by atoms with Crippen LogP contribution < -0.4 is 10.1 Å². The van der Waals surface area contributed by atoms with Crippen LogP contribution in [0.25, 0.3) is 0 Å². The second-order valence-corrected chi connectivity index (χ2v) is 4.75. The van der Waals surface area contributed by atoms with Gasteiger partial charge in [0.05, 0.1) is 13.2 Å². The number of halogens is 1. The van der Waals surface area contributed by atoms with Gasteiger partial charge < -0.3 is 14.8 Å². The summed E-state index contributed by atoms with van der Waals surface area (Å²) in [4.78, 5) is 0. The molecule has 1 rings (SSSR count). The van der Waals surface area contributed by atoms with Gasteiger partial charge in [0.1, 0.15) is 5.75 Å². The van der Waals surface area contributed by atoms with Crippen molar-refractivity contribution in [3.63, 3.8) is 0 Å². The molecule has 0 unspecified atom stereocenters. The molecule has 102 valence electrons. The van der Waals surface area contributed by atoms with E-state index in [4.69, 9.17) is 21.1 Å². The lowest BCUT2D eigenvalue weighted by molar-refractivity contribution is 0.198. The zero-order valence-electron chi connectivity index (χ0n) is 11.4. The van der Waals surface area contributed by atoms with Crippen molar-refractivity contribution in [2.24, 2.45) is 0 Å². The highest BCUT2D eigenvalue weighted by molar-refractivity contribution is 6.30. The first-order valence-electron chi connectivity index (χ1n) is 6.24. The third-order valence-corrected chi connectivity index (χ3v) is 2.87. The lowest BCUT2D eigenvalue weighted by atomic mass is 10.1. The summed E-state index contributed by atoms with van der Waals surface area (Å²) in [6, 6.07) is 3.86. The molecule has 18 heavy (non-hydrogen) atoms. The molecule has 1 aromatic carbocycles. The molecule has 0 fully saturated rings. The average molecular weight is 272 g/mol. The van der Waals surface area contributed by atoms with Gasteiger partial charge in [0.25, 0.3) is 0 Å². The molecule has 0 aliphatic rings.